The van der Waals surface area contributed by atoms with Gasteiger partial charge in [-0.25, -0.2) is 0 Å². The predicted molar refractivity (Wildman–Crippen MR) is 66.1 cm³/mol. The zero-order chi connectivity index (χ0) is 12.7. The Morgan fingerprint density at radius 3 is 2.88 bits per heavy atom. The highest BCUT2D eigenvalue weighted by Gasteiger charge is 2.07. The smallest absolute Gasteiger partial charge is 0.251 e. The molecule has 0 aliphatic rings. The number of hydrogen-bond acceptors (Lipinski definition) is 4. The second-order valence-electron chi connectivity index (χ2n) is 3.52. The van der Waals surface area contributed by atoms with Crippen molar-refractivity contribution < 1.29 is 14.6 Å². The van der Waals surface area contributed by atoms with Crippen LogP contribution in [0, 0.1) is 0 Å². The first-order valence-electron chi connectivity index (χ1n) is 5.60. The van der Waals surface area contributed by atoms with E-state index in [-0.39, 0.29) is 12.5 Å². The third kappa shape index (κ3) is 3.96. The van der Waals surface area contributed by atoms with Crippen LogP contribution in [-0.4, -0.2) is 30.8 Å². The Morgan fingerprint density at radius 1 is 1.53 bits per heavy atom. The maximum Gasteiger partial charge on any atom is 0.251 e. The summed E-state index contributed by atoms with van der Waals surface area (Å²) >= 11 is 0. The lowest BCUT2D eigenvalue weighted by Crippen LogP contribution is -2.25. The fourth-order valence-electron chi connectivity index (χ4n) is 1.36. The van der Waals surface area contributed by atoms with Crippen molar-refractivity contribution in [3.8, 4) is 5.75 Å². The first-order valence-corrected chi connectivity index (χ1v) is 5.60. The van der Waals surface area contributed by atoms with Crippen LogP contribution in [0.3, 0.4) is 0 Å². The number of nitrogens with two attached hydrogens (primary N) is 1. The number of carbonyl (C=O) groups is 1. The quantitative estimate of drug-likeness (QED) is 0.505. The van der Waals surface area contributed by atoms with Gasteiger partial charge in [0, 0.05) is 18.7 Å². The zero-order valence-corrected chi connectivity index (χ0v) is 9.90. The average Bonchev–Trinajstić information content (AvgIpc) is 2.32. The van der Waals surface area contributed by atoms with Crippen LogP contribution in [0.15, 0.2) is 18.2 Å². The Balaban J connectivity index is 2.65. The van der Waals surface area contributed by atoms with Crippen LogP contribution in [0.5, 0.6) is 5.75 Å². The molecule has 0 aliphatic carbocycles. The van der Waals surface area contributed by atoms with Gasteiger partial charge in [-0.15, -0.1) is 0 Å². The van der Waals surface area contributed by atoms with Crippen LogP contribution in [0.1, 0.15) is 23.7 Å². The SMILES string of the molecule is CCOc1ccc(C(=O)NCCCO)cc1N. The molecule has 94 valence electrons. The number of anilines is 1. The Kier molecular flexibility index (Phi) is 5.29. The highest BCUT2D eigenvalue weighted by molar-refractivity contribution is 5.95. The lowest BCUT2D eigenvalue weighted by molar-refractivity contribution is 0.0951. The minimum absolute atomic E-state index is 0.0612. The lowest BCUT2D eigenvalue weighted by Gasteiger charge is -2.09. The highest BCUT2D eigenvalue weighted by Crippen LogP contribution is 2.22. The molecular weight excluding hydrogens is 220 g/mol. The van der Waals surface area contributed by atoms with Gasteiger partial charge in [-0.2, -0.15) is 0 Å². The summed E-state index contributed by atoms with van der Waals surface area (Å²) in [5, 5.41) is 11.3. The number of carbonyl (C=O) groups excluding carboxylic acids is 1. The number of aliphatic hydroxyl groups is 1. The van der Waals surface area contributed by atoms with E-state index in [0.29, 0.717) is 36.6 Å². The number of benzene rings is 1. The number of aliphatic hydroxyl groups excluding tert-OH is 1. The molecule has 0 aromatic heterocycles. The van der Waals surface area contributed by atoms with Crippen molar-refractivity contribution in [2.75, 3.05) is 25.5 Å². The summed E-state index contributed by atoms with van der Waals surface area (Å²) in [6, 6.07) is 4.93. The van der Waals surface area contributed by atoms with E-state index < -0.39 is 0 Å². The topological polar surface area (TPSA) is 84.6 Å². The number of ether oxygens (including phenoxy) is 1. The fraction of sp³-hybridized carbons (Fsp3) is 0.417. The van der Waals surface area contributed by atoms with Gasteiger partial charge in [0.2, 0.25) is 0 Å². The summed E-state index contributed by atoms with van der Waals surface area (Å²) in [6.45, 7) is 2.91. The average molecular weight is 238 g/mol. The first-order chi connectivity index (χ1) is 8.19. The lowest BCUT2D eigenvalue weighted by atomic mass is 10.1. The molecule has 0 bridgehead atoms. The molecule has 1 rings (SSSR count). The minimum Gasteiger partial charge on any atom is -0.492 e. The predicted octanol–water partition coefficient (Wildman–Crippen LogP) is 0.780. The van der Waals surface area contributed by atoms with E-state index in [1.165, 1.54) is 0 Å². The van der Waals surface area contributed by atoms with Crippen molar-refractivity contribution in [2.45, 2.75) is 13.3 Å². The normalized spacial score (nSPS) is 10.0. The summed E-state index contributed by atoms with van der Waals surface area (Å²) in [7, 11) is 0. The summed E-state index contributed by atoms with van der Waals surface area (Å²) in [6.07, 6.45) is 0.540. The van der Waals surface area contributed by atoms with Crippen molar-refractivity contribution in [2.24, 2.45) is 0 Å². The molecule has 1 amide bonds. The van der Waals surface area contributed by atoms with Gasteiger partial charge < -0.3 is 20.9 Å². The summed E-state index contributed by atoms with van der Waals surface area (Å²) in [4.78, 5) is 11.7. The van der Waals surface area contributed by atoms with E-state index in [1.54, 1.807) is 18.2 Å². The second-order valence-corrected chi connectivity index (χ2v) is 3.52. The molecule has 17 heavy (non-hydrogen) atoms. The highest BCUT2D eigenvalue weighted by atomic mass is 16.5. The molecule has 5 nitrogen and oxygen atoms in total. The molecule has 0 fully saturated rings. The molecule has 0 saturated carbocycles. The van der Waals surface area contributed by atoms with Gasteiger partial charge in [-0.05, 0) is 31.5 Å². The van der Waals surface area contributed by atoms with E-state index in [9.17, 15) is 4.79 Å². The molecule has 0 unspecified atom stereocenters. The molecule has 0 aliphatic heterocycles. The van der Waals surface area contributed by atoms with E-state index >= 15 is 0 Å². The molecule has 4 N–H and O–H groups in total. The van der Waals surface area contributed by atoms with Crippen molar-refractivity contribution in [3.63, 3.8) is 0 Å². The van der Waals surface area contributed by atoms with Gasteiger partial charge in [0.25, 0.3) is 5.91 Å². The number of nitrogen functional groups attached to an aromatic ring is 1. The number of rotatable bonds is 6. The summed E-state index contributed by atoms with van der Waals surface area (Å²) in [5.74, 6) is 0.382. The van der Waals surface area contributed by atoms with E-state index in [0.717, 1.165) is 0 Å². The Labute approximate surface area is 101 Å². The monoisotopic (exact) mass is 238 g/mol. The number of nitrogens with one attached hydrogen (secondary N) is 1. The third-order valence-corrected chi connectivity index (χ3v) is 2.19. The molecule has 1 aromatic carbocycles. The van der Waals surface area contributed by atoms with Crippen LogP contribution in [-0.2, 0) is 0 Å². The van der Waals surface area contributed by atoms with Crippen molar-refractivity contribution in [1.29, 1.82) is 0 Å². The molecule has 0 spiro atoms. The summed E-state index contributed by atoms with van der Waals surface area (Å²) in [5.41, 5.74) is 6.69. The van der Waals surface area contributed by atoms with Gasteiger partial charge in [0.05, 0.1) is 12.3 Å². The molecule has 0 radical (unpaired) electrons. The maximum atomic E-state index is 11.7. The van der Waals surface area contributed by atoms with Gasteiger partial charge in [0.1, 0.15) is 5.75 Å². The van der Waals surface area contributed by atoms with Crippen LogP contribution in [0.4, 0.5) is 5.69 Å². The molecule has 0 saturated heterocycles. The van der Waals surface area contributed by atoms with Crippen molar-refractivity contribution in [3.05, 3.63) is 23.8 Å². The molecule has 0 atom stereocenters. The summed E-state index contributed by atoms with van der Waals surface area (Å²) < 4.78 is 5.28. The van der Waals surface area contributed by atoms with Gasteiger partial charge in [-0.3, -0.25) is 4.79 Å². The molecular formula is C12H18N2O3. The minimum atomic E-state index is -0.201. The Bertz CT molecular complexity index is 380. The number of hydrogen-bond donors (Lipinski definition) is 3. The van der Waals surface area contributed by atoms with Gasteiger partial charge in [-0.1, -0.05) is 0 Å². The van der Waals surface area contributed by atoms with Crippen molar-refractivity contribution >= 4 is 11.6 Å². The zero-order valence-electron chi connectivity index (χ0n) is 9.90. The van der Waals surface area contributed by atoms with E-state index in [1.807, 2.05) is 6.92 Å². The van der Waals surface area contributed by atoms with Crippen molar-refractivity contribution in [1.82, 2.24) is 5.32 Å². The van der Waals surface area contributed by atoms with E-state index in [2.05, 4.69) is 5.32 Å². The van der Waals surface area contributed by atoms with Gasteiger partial charge in [0.15, 0.2) is 0 Å². The number of amides is 1. The molecule has 5 heteroatoms. The second kappa shape index (κ2) is 6.75. The largest absolute Gasteiger partial charge is 0.492 e. The van der Waals surface area contributed by atoms with Crippen LogP contribution < -0.4 is 15.8 Å². The molecule has 1 aromatic rings. The first kappa shape index (κ1) is 13.3. The third-order valence-electron chi connectivity index (χ3n) is 2.19. The maximum absolute atomic E-state index is 11.7. The Morgan fingerprint density at radius 2 is 2.29 bits per heavy atom. The Hall–Kier alpha value is -1.75. The van der Waals surface area contributed by atoms with Gasteiger partial charge >= 0.3 is 0 Å². The van der Waals surface area contributed by atoms with Crippen LogP contribution >= 0.6 is 0 Å². The molecule has 0 heterocycles. The van der Waals surface area contributed by atoms with Crippen LogP contribution in [0.25, 0.3) is 0 Å². The van der Waals surface area contributed by atoms with E-state index in [4.69, 9.17) is 15.6 Å². The fourth-order valence-corrected chi connectivity index (χ4v) is 1.36. The van der Waals surface area contributed by atoms with Crippen LogP contribution in [0.2, 0.25) is 0 Å². The standard InChI is InChI=1S/C12H18N2O3/c1-2-17-11-5-4-9(8-10(11)13)12(16)14-6-3-7-15/h4-5,8,15H,2-3,6-7,13H2,1H3,(H,14,16).